The summed E-state index contributed by atoms with van der Waals surface area (Å²) in [6, 6.07) is 0. The van der Waals surface area contributed by atoms with E-state index in [9.17, 15) is 9.59 Å². The Morgan fingerprint density at radius 2 is 2.13 bits per heavy atom. The average Bonchev–Trinajstić information content (AvgIpc) is 2.11. The number of hydrogen-bond donors (Lipinski definition) is 2. The molecule has 4 nitrogen and oxygen atoms in total. The first-order chi connectivity index (χ1) is 6.93. The van der Waals surface area contributed by atoms with E-state index in [1.807, 2.05) is 13.8 Å². The third-order valence-electron chi connectivity index (χ3n) is 2.34. The van der Waals surface area contributed by atoms with Gasteiger partial charge in [0.15, 0.2) is 5.78 Å². The van der Waals surface area contributed by atoms with Crippen LogP contribution in [0.25, 0.3) is 0 Å². The highest BCUT2D eigenvalue weighted by molar-refractivity contribution is 5.91. The smallest absolute Gasteiger partial charge is 0.238 e. The Morgan fingerprint density at radius 3 is 2.67 bits per heavy atom. The zero-order valence-corrected chi connectivity index (χ0v) is 9.52. The Kier molecular flexibility index (Phi) is 3.50. The summed E-state index contributed by atoms with van der Waals surface area (Å²) in [4.78, 5) is 22.4. The Bertz CT molecular complexity index is 306. The van der Waals surface area contributed by atoms with Gasteiger partial charge in [-0.05, 0) is 11.8 Å². The Labute approximate surface area is 90.1 Å². The predicted molar refractivity (Wildman–Crippen MR) is 57.7 cm³/mol. The molecule has 0 unspecified atom stereocenters. The van der Waals surface area contributed by atoms with Gasteiger partial charge < -0.3 is 5.43 Å². The molecule has 0 atom stereocenters. The molecule has 0 bridgehead atoms. The fourth-order valence-electron chi connectivity index (χ4n) is 1.66. The maximum atomic E-state index is 11.4. The van der Waals surface area contributed by atoms with Crippen molar-refractivity contribution in [3.05, 3.63) is 11.8 Å². The summed E-state index contributed by atoms with van der Waals surface area (Å²) in [5, 5.41) is 0. The number of hydrogen-bond acceptors (Lipinski definition) is 3. The van der Waals surface area contributed by atoms with E-state index in [1.165, 1.54) is 0 Å². The molecule has 0 aliphatic heterocycles. The van der Waals surface area contributed by atoms with Crippen molar-refractivity contribution in [1.82, 2.24) is 10.9 Å². The van der Waals surface area contributed by atoms with Gasteiger partial charge in [-0.15, -0.1) is 0 Å². The van der Waals surface area contributed by atoms with Gasteiger partial charge in [-0.25, -0.2) is 0 Å². The van der Waals surface area contributed by atoms with E-state index in [0.29, 0.717) is 12.8 Å². The summed E-state index contributed by atoms with van der Waals surface area (Å²) < 4.78 is 0. The van der Waals surface area contributed by atoms with Crippen molar-refractivity contribution >= 4 is 11.7 Å². The lowest BCUT2D eigenvalue weighted by Crippen LogP contribution is -2.39. The third kappa shape index (κ3) is 3.73. The van der Waals surface area contributed by atoms with Crippen LogP contribution in [-0.4, -0.2) is 11.7 Å². The topological polar surface area (TPSA) is 58.2 Å². The van der Waals surface area contributed by atoms with Crippen LogP contribution in [0.3, 0.4) is 0 Å². The van der Waals surface area contributed by atoms with Crippen LogP contribution in [0.5, 0.6) is 0 Å². The van der Waals surface area contributed by atoms with E-state index in [0.717, 1.165) is 12.1 Å². The summed E-state index contributed by atoms with van der Waals surface area (Å²) in [7, 11) is 0. The molecule has 4 heteroatoms. The van der Waals surface area contributed by atoms with Gasteiger partial charge in [0.1, 0.15) is 0 Å². The first-order valence-corrected chi connectivity index (χ1v) is 5.21. The van der Waals surface area contributed by atoms with E-state index in [4.69, 9.17) is 0 Å². The second-order valence-electron chi connectivity index (χ2n) is 4.68. The summed E-state index contributed by atoms with van der Waals surface area (Å²) in [6.07, 6.45) is 3.35. The minimum absolute atomic E-state index is 0.0227. The summed E-state index contributed by atoms with van der Waals surface area (Å²) in [5.41, 5.74) is 6.12. The van der Waals surface area contributed by atoms with Crippen molar-refractivity contribution < 1.29 is 9.59 Å². The fraction of sp³-hybridized carbons (Fsp3) is 0.636. The molecule has 0 heterocycles. The minimum Gasteiger partial charge on any atom is -0.303 e. The summed E-state index contributed by atoms with van der Waals surface area (Å²) in [6.45, 7) is 5.86. The van der Waals surface area contributed by atoms with Crippen LogP contribution in [0.4, 0.5) is 0 Å². The molecule has 0 aromatic carbocycles. The van der Waals surface area contributed by atoms with Gasteiger partial charge >= 0.3 is 0 Å². The Morgan fingerprint density at radius 1 is 1.47 bits per heavy atom. The number of hydrazine groups is 1. The van der Waals surface area contributed by atoms with E-state index in [2.05, 4.69) is 10.9 Å². The minimum atomic E-state index is -0.0771. The SMILES string of the molecule is CCC(=O)NNC1=CC(=O)CC(C)(C)C1. The van der Waals surface area contributed by atoms with Crippen molar-refractivity contribution in [1.29, 1.82) is 0 Å². The molecular formula is C11H18N2O2. The molecule has 15 heavy (non-hydrogen) atoms. The zero-order valence-electron chi connectivity index (χ0n) is 9.52. The van der Waals surface area contributed by atoms with Crippen LogP contribution in [0.2, 0.25) is 0 Å². The molecule has 0 fully saturated rings. The molecule has 1 rings (SSSR count). The summed E-state index contributed by atoms with van der Waals surface area (Å²) >= 11 is 0. The van der Waals surface area contributed by atoms with Crippen LogP contribution in [0.1, 0.15) is 40.0 Å². The van der Waals surface area contributed by atoms with E-state index < -0.39 is 0 Å². The highest BCUT2D eigenvalue weighted by Gasteiger charge is 2.27. The summed E-state index contributed by atoms with van der Waals surface area (Å²) in [5.74, 6) is 0.0335. The lowest BCUT2D eigenvalue weighted by atomic mass is 9.79. The van der Waals surface area contributed by atoms with Crippen molar-refractivity contribution in [2.45, 2.75) is 40.0 Å². The maximum absolute atomic E-state index is 11.4. The lowest BCUT2D eigenvalue weighted by Gasteiger charge is -2.29. The number of rotatable bonds is 3. The van der Waals surface area contributed by atoms with Crippen molar-refractivity contribution in [3.8, 4) is 0 Å². The van der Waals surface area contributed by atoms with Crippen LogP contribution < -0.4 is 10.9 Å². The monoisotopic (exact) mass is 210 g/mol. The molecule has 0 saturated heterocycles. The number of allylic oxidation sites excluding steroid dienone is 2. The first-order valence-electron chi connectivity index (χ1n) is 5.21. The van der Waals surface area contributed by atoms with E-state index in [-0.39, 0.29) is 17.1 Å². The second-order valence-corrected chi connectivity index (χ2v) is 4.68. The van der Waals surface area contributed by atoms with E-state index >= 15 is 0 Å². The maximum Gasteiger partial charge on any atom is 0.238 e. The quantitative estimate of drug-likeness (QED) is 0.690. The van der Waals surface area contributed by atoms with Gasteiger partial charge in [0.25, 0.3) is 0 Å². The number of carbonyl (C=O) groups excluding carboxylic acids is 2. The first kappa shape index (κ1) is 11.8. The fourth-order valence-corrected chi connectivity index (χ4v) is 1.66. The number of nitrogens with one attached hydrogen (secondary N) is 2. The van der Waals surface area contributed by atoms with Gasteiger partial charge in [-0.2, -0.15) is 0 Å². The van der Waals surface area contributed by atoms with Gasteiger partial charge in [0.2, 0.25) is 5.91 Å². The van der Waals surface area contributed by atoms with Gasteiger partial charge in [-0.3, -0.25) is 15.0 Å². The third-order valence-corrected chi connectivity index (χ3v) is 2.34. The molecule has 1 aliphatic carbocycles. The van der Waals surface area contributed by atoms with Crippen LogP contribution in [0, 0.1) is 5.41 Å². The molecule has 0 radical (unpaired) electrons. The molecular weight excluding hydrogens is 192 g/mol. The molecule has 0 spiro atoms. The average molecular weight is 210 g/mol. The van der Waals surface area contributed by atoms with Gasteiger partial charge in [0.05, 0.1) is 0 Å². The molecule has 0 aromatic rings. The van der Waals surface area contributed by atoms with Gasteiger partial charge in [-0.1, -0.05) is 20.8 Å². The zero-order chi connectivity index (χ0) is 11.5. The molecule has 84 valence electrons. The largest absolute Gasteiger partial charge is 0.303 e. The molecule has 0 saturated carbocycles. The molecule has 0 aromatic heterocycles. The predicted octanol–water partition coefficient (Wildman–Crippen LogP) is 1.29. The highest BCUT2D eigenvalue weighted by atomic mass is 16.2. The Balaban J connectivity index is 2.55. The van der Waals surface area contributed by atoms with Crippen molar-refractivity contribution in [2.24, 2.45) is 5.41 Å². The molecule has 1 amide bonds. The highest BCUT2D eigenvalue weighted by Crippen LogP contribution is 2.32. The van der Waals surface area contributed by atoms with Crippen LogP contribution in [0.15, 0.2) is 11.8 Å². The number of amides is 1. The normalized spacial score (nSPS) is 19.4. The molecule has 1 aliphatic rings. The standard InChI is InChI=1S/C11H18N2O2/c1-4-10(15)13-12-8-5-9(14)7-11(2,3)6-8/h5,12H,4,6-7H2,1-3H3,(H,13,15). The van der Waals surface area contributed by atoms with Crippen molar-refractivity contribution in [2.75, 3.05) is 0 Å². The van der Waals surface area contributed by atoms with Gasteiger partial charge in [0, 0.05) is 24.6 Å². The number of carbonyl (C=O) groups is 2. The molecule has 2 N–H and O–H groups in total. The Hall–Kier alpha value is -1.32. The van der Waals surface area contributed by atoms with Crippen LogP contribution >= 0.6 is 0 Å². The lowest BCUT2D eigenvalue weighted by molar-refractivity contribution is -0.122. The van der Waals surface area contributed by atoms with Crippen molar-refractivity contribution in [3.63, 3.8) is 0 Å². The van der Waals surface area contributed by atoms with E-state index in [1.54, 1.807) is 13.0 Å². The second kappa shape index (κ2) is 4.47. The number of ketones is 1. The van der Waals surface area contributed by atoms with Crippen LogP contribution in [-0.2, 0) is 9.59 Å².